The lowest BCUT2D eigenvalue weighted by Crippen LogP contribution is -1.84. The Morgan fingerprint density at radius 3 is 3.08 bits per heavy atom. The van der Waals surface area contributed by atoms with Gasteiger partial charge in [0, 0.05) is 27.0 Å². The Labute approximate surface area is 161 Å². The zero-order chi connectivity index (χ0) is 18.1. The lowest BCUT2D eigenvalue weighted by molar-refractivity contribution is 0.344. The van der Waals surface area contributed by atoms with Crippen LogP contribution in [0, 0.1) is 11.3 Å². The predicted octanol–water partition coefficient (Wildman–Crippen LogP) is 6.04. The van der Waals surface area contributed by atoms with Gasteiger partial charge in [-0.1, -0.05) is 15.9 Å². The SMILES string of the molecule is CCOC=Nc1c(C#N)sc2ncc(-c3cc4cc(Br)ccc4o3)cc12. The minimum absolute atomic E-state index is 0.508. The number of thiophene rings is 1. The molecule has 0 N–H and O–H groups in total. The summed E-state index contributed by atoms with van der Waals surface area (Å²) in [5.41, 5.74) is 2.22. The summed E-state index contributed by atoms with van der Waals surface area (Å²) in [6.45, 7) is 2.40. The van der Waals surface area contributed by atoms with Gasteiger partial charge in [-0.2, -0.15) is 5.26 Å². The van der Waals surface area contributed by atoms with Crippen LogP contribution in [0.2, 0.25) is 0 Å². The van der Waals surface area contributed by atoms with E-state index in [1.54, 1.807) is 6.20 Å². The van der Waals surface area contributed by atoms with Crippen molar-refractivity contribution in [1.82, 2.24) is 4.98 Å². The number of nitrogens with zero attached hydrogens (tertiary/aromatic N) is 3. The number of furan rings is 1. The fourth-order valence-corrected chi connectivity index (χ4v) is 3.88. The summed E-state index contributed by atoms with van der Waals surface area (Å²) in [5.74, 6) is 0.719. The Kier molecular flexibility index (Phi) is 4.45. The van der Waals surface area contributed by atoms with Crippen molar-refractivity contribution in [2.75, 3.05) is 6.61 Å². The Morgan fingerprint density at radius 2 is 2.27 bits per heavy atom. The molecule has 0 atom stereocenters. The van der Waals surface area contributed by atoms with Crippen LogP contribution in [-0.4, -0.2) is 18.0 Å². The van der Waals surface area contributed by atoms with Gasteiger partial charge in [0.2, 0.25) is 0 Å². The smallest absolute Gasteiger partial charge is 0.174 e. The fraction of sp³-hybridized carbons (Fsp3) is 0.105. The van der Waals surface area contributed by atoms with Crippen molar-refractivity contribution in [1.29, 1.82) is 5.26 Å². The van der Waals surface area contributed by atoms with Crippen LogP contribution >= 0.6 is 27.3 Å². The number of aliphatic imine (C=N–C) groups is 1. The van der Waals surface area contributed by atoms with Crippen molar-refractivity contribution in [3.63, 3.8) is 0 Å². The maximum atomic E-state index is 9.38. The molecule has 4 rings (SSSR count). The zero-order valence-corrected chi connectivity index (χ0v) is 16.1. The Morgan fingerprint density at radius 1 is 1.38 bits per heavy atom. The quantitative estimate of drug-likeness (QED) is 0.295. The Balaban J connectivity index is 1.85. The van der Waals surface area contributed by atoms with E-state index in [2.05, 4.69) is 32.0 Å². The third-order valence-electron chi connectivity index (χ3n) is 3.81. The lowest BCUT2D eigenvalue weighted by Gasteiger charge is -1.98. The third-order valence-corrected chi connectivity index (χ3v) is 5.31. The van der Waals surface area contributed by atoms with E-state index in [0.717, 1.165) is 37.0 Å². The Bertz CT molecular complexity index is 1190. The second kappa shape index (κ2) is 6.90. The molecule has 0 fully saturated rings. The number of ether oxygens (including phenoxy) is 1. The van der Waals surface area contributed by atoms with Crippen LogP contribution in [0.1, 0.15) is 11.8 Å². The molecule has 7 heteroatoms. The monoisotopic (exact) mass is 425 g/mol. The highest BCUT2D eigenvalue weighted by atomic mass is 79.9. The standard InChI is InChI=1S/C19H12BrN3O2S/c1-2-24-10-23-18-14-6-12(9-22-19(14)26-17(18)8-21)16-7-11-5-13(20)3-4-15(11)25-16/h3-7,9-10H,2H2,1H3. The van der Waals surface area contributed by atoms with Gasteiger partial charge in [0.1, 0.15) is 32.8 Å². The summed E-state index contributed by atoms with van der Waals surface area (Å²) in [7, 11) is 0. The van der Waals surface area contributed by atoms with Gasteiger partial charge in [-0.25, -0.2) is 9.98 Å². The molecule has 4 aromatic rings. The molecule has 3 heterocycles. The largest absolute Gasteiger partial charge is 0.483 e. The number of hydrogen-bond acceptors (Lipinski definition) is 6. The molecule has 0 saturated heterocycles. The highest BCUT2D eigenvalue weighted by Crippen LogP contribution is 2.39. The van der Waals surface area contributed by atoms with E-state index < -0.39 is 0 Å². The molecule has 128 valence electrons. The maximum Gasteiger partial charge on any atom is 0.174 e. The summed E-state index contributed by atoms with van der Waals surface area (Å²) in [6, 6.07) is 12.0. The molecule has 0 radical (unpaired) electrons. The summed E-state index contributed by atoms with van der Waals surface area (Å²) < 4.78 is 12.1. The van der Waals surface area contributed by atoms with Crippen LogP contribution in [0.4, 0.5) is 5.69 Å². The number of aromatic nitrogens is 1. The van der Waals surface area contributed by atoms with Gasteiger partial charge in [-0.3, -0.25) is 0 Å². The second-order valence-electron chi connectivity index (χ2n) is 5.45. The molecule has 5 nitrogen and oxygen atoms in total. The summed E-state index contributed by atoms with van der Waals surface area (Å²) in [5, 5.41) is 11.2. The first-order valence-electron chi connectivity index (χ1n) is 7.86. The normalized spacial score (nSPS) is 11.4. The molecule has 26 heavy (non-hydrogen) atoms. The third kappa shape index (κ3) is 2.98. The van der Waals surface area contributed by atoms with E-state index in [0.29, 0.717) is 17.2 Å². The molecule has 0 aliphatic carbocycles. The van der Waals surface area contributed by atoms with Gasteiger partial charge in [0.25, 0.3) is 0 Å². The van der Waals surface area contributed by atoms with E-state index in [9.17, 15) is 5.26 Å². The average Bonchev–Trinajstić information content (AvgIpc) is 3.22. The maximum absolute atomic E-state index is 9.38. The van der Waals surface area contributed by atoms with Crippen LogP contribution in [0.3, 0.4) is 0 Å². The first kappa shape index (κ1) is 16.8. The van der Waals surface area contributed by atoms with Gasteiger partial charge in [0.05, 0.1) is 6.61 Å². The van der Waals surface area contributed by atoms with E-state index >= 15 is 0 Å². The summed E-state index contributed by atoms with van der Waals surface area (Å²) in [4.78, 5) is 10.1. The first-order valence-corrected chi connectivity index (χ1v) is 9.47. The van der Waals surface area contributed by atoms with Gasteiger partial charge in [-0.15, -0.1) is 11.3 Å². The summed E-state index contributed by atoms with van der Waals surface area (Å²) in [6.07, 6.45) is 3.12. The first-order chi connectivity index (χ1) is 12.7. The van der Waals surface area contributed by atoms with Crippen LogP contribution < -0.4 is 0 Å². The number of hydrogen-bond donors (Lipinski definition) is 0. The topological polar surface area (TPSA) is 71.4 Å². The van der Waals surface area contributed by atoms with Crippen molar-refractivity contribution in [3.05, 3.63) is 45.9 Å². The van der Waals surface area contributed by atoms with Gasteiger partial charge >= 0.3 is 0 Å². The second-order valence-corrected chi connectivity index (χ2v) is 7.37. The minimum Gasteiger partial charge on any atom is -0.483 e. The predicted molar refractivity (Wildman–Crippen MR) is 107 cm³/mol. The molecule has 1 aromatic carbocycles. The van der Waals surface area contributed by atoms with E-state index in [-0.39, 0.29) is 0 Å². The van der Waals surface area contributed by atoms with Gasteiger partial charge < -0.3 is 9.15 Å². The van der Waals surface area contributed by atoms with Crippen LogP contribution in [0.25, 0.3) is 32.5 Å². The molecule has 0 aliphatic heterocycles. The lowest BCUT2D eigenvalue weighted by atomic mass is 10.1. The van der Waals surface area contributed by atoms with E-state index in [1.165, 1.54) is 17.7 Å². The number of nitriles is 1. The Hall–Kier alpha value is -2.69. The average molecular weight is 426 g/mol. The van der Waals surface area contributed by atoms with Crippen LogP contribution in [-0.2, 0) is 4.74 Å². The highest BCUT2D eigenvalue weighted by Gasteiger charge is 2.15. The molecule has 0 saturated carbocycles. The van der Waals surface area contributed by atoms with Crippen LogP contribution in [0.15, 0.2) is 50.4 Å². The van der Waals surface area contributed by atoms with Gasteiger partial charge in [0.15, 0.2) is 6.40 Å². The number of fused-ring (bicyclic) bond motifs is 2. The molecular weight excluding hydrogens is 414 g/mol. The minimum atomic E-state index is 0.508. The zero-order valence-electron chi connectivity index (χ0n) is 13.7. The molecule has 0 amide bonds. The van der Waals surface area contributed by atoms with Gasteiger partial charge in [-0.05, 0) is 37.3 Å². The van der Waals surface area contributed by atoms with Crippen molar-refractivity contribution >= 4 is 60.5 Å². The number of benzene rings is 1. The molecule has 3 aromatic heterocycles. The van der Waals surface area contributed by atoms with E-state index in [4.69, 9.17) is 9.15 Å². The van der Waals surface area contributed by atoms with Crippen molar-refractivity contribution in [3.8, 4) is 17.4 Å². The van der Waals surface area contributed by atoms with Crippen molar-refractivity contribution in [2.24, 2.45) is 4.99 Å². The number of rotatable bonds is 4. The molecule has 0 unspecified atom stereocenters. The molecule has 0 bridgehead atoms. The van der Waals surface area contributed by atoms with Crippen molar-refractivity contribution < 1.29 is 9.15 Å². The molecule has 0 aliphatic rings. The fourth-order valence-electron chi connectivity index (χ4n) is 2.63. The molecule has 0 spiro atoms. The number of pyridine rings is 1. The van der Waals surface area contributed by atoms with Crippen molar-refractivity contribution in [2.45, 2.75) is 6.92 Å². The number of halogens is 1. The summed E-state index contributed by atoms with van der Waals surface area (Å²) >= 11 is 4.78. The van der Waals surface area contributed by atoms with Crippen LogP contribution in [0.5, 0.6) is 0 Å². The van der Waals surface area contributed by atoms with E-state index in [1.807, 2.05) is 37.3 Å². The highest BCUT2D eigenvalue weighted by molar-refractivity contribution is 9.10. The molecular formula is C19H12BrN3O2S.